The van der Waals surface area contributed by atoms with Gasteiger partial charge in [-0.2, -0.15) is 0 Å². The molecule has 0 aliphatic carbocycles. The average Bonchev–Trinajstić information content (AvgIpc) is 2.67. The van der Waals surface area contributed by atoms with Gasteiger partial charge in [0, 0.05) is 9.79 Å². The first kappa shape index (κ1) is 20.7. The normalized spacial score (nSPS) is 12.8. The van der Waals surface area contributed by atoms with E-state index >= 15 is 0 Å². The Kier molecular flexibility index (Phi) is 6.61. The number of fused-ring (bicyclic) bond motifs is 2. The minimum absolute atomic E-state index is 1.02. The number of rotatable bonds is 6. The summed E-state index contributed by atoms with van der Waals surface area (Å²) in [5, 5.41) is 2.33. The van der Waals surface area contributed by atoms with Gasteiger partial charge in [0.25, 0.3) is 0 Å². The topological polar surface area (TPSA) is 12.4 Å². The fourth-order valence-corrected chi connectivity index (χ4v) is 4.84. The number of para-hydroxylation sites is 1. The van der Waals surface area contributed by atoms with Crippen molar-refractivity contribution < 1.29 is 0 Å². The standard InChI is InChI=1S/C26H31NS/c1-17(2)11-9-12-18(3)13-10-14-22-20(5)19(4)21(6)25-26(22)28-24-16-8-7-15-23(24)27-25/h7-8,11,13,15-16H,5,9-10,12,14H2,1-4,6H3/b18-13+. The van der Waals surface area contributed by atoms with Crippen LogP contribution >= 0.6 is 11.8 Å². The van der Waals surface area contributed by atoms with Crippen molar-refractivity contribution in [2.24, 2.45) is 4.99 Å². The fraction of sp³-hybridized carbons (Fsp3) is 0.346. The molecule has 2 heteroatoms. The van der Waals surface area contributed by atoms with E-state index in [2.05, 4.69) is 77.6 Å². The zero-order valence-electron chi connectivity index (χ0n) is 17.9. The van der Waals surface area contributed by atoms with Crippen LogP contribution in [-0.4, -0.2) is 0 Å². The first-order valence-electron chi connectivity index (χ1n) is 10.1. The van der Waals surface area contributed by atoms with Crippen LogP contribution in [0.3, 0.4) is 0 Å². The second-order valence-corrected chi connectivity index (χ2v) is 9.03. The number of benzene rings is 2. The molecule has 3 rings (SSSR count). The quantitative estimate of drug-likeness (QED) is 0.424. The van der Waals surface area contributed by atoms with Crippen LogP contribution in [0.2, 0.25) is 0 Å². The lowest BCUT2D eigenvalue weighted by molar-refractivity contribution is 0.897. The van der Waals surface area contributed by atoms with Crippen molar-refractivity contribution >= 4 is 24.0 Å². The molecule has 146 valence electrons. The van der Waals surface area contributed by atoms with Crippen molar-refractivity contribution in [1.29, 1.82) is 0 Å². The third kappa shape index (κ3) is 4.50. The van der Waals surface area contributed by atoms with Crippen LogP contribution in [0.5, 0.6) is 0 Å². The Balaban J connectivity index is 1.89. The Bertz CT molecular complexity index is 1050. The third-order valence-electron chi connectivity index (χ3n) is 5.51. The summed E-state index contributed by atoms with van der Waals surface area (Å²) in [6, 6.07) is 8.43. The highest BCUT2D eigenvalue weighted by molar-refractivity contribution is 7.99. The minimum Gasteiger partial charge on any atom is -0.246 e. The molecule has 2 aromatic carbocycles. The monoisotopic (exact) mass is 389 g/mol. The molecule has 0 radical (unpaired) electrons. The number of allylic oxidation sites excluding steroid dienone is 4. The number of hydrogen-bond acceptors (Lipinski definition) is 2. The van der Waals surface area contributed by atoms with Crippen LogP contribution in [-0.2, 0) is 6.42 Å². The summed E-state index contributed by atoms with van der Waals surface area (Å²) >= 11 is 1.86. The van der Waals surface area contributed by atoms with E-state index in [-0.39, 0.29) is 0 Å². The van der Waals surface area contributed by atoms with Gasteiger partial charge >= 0.3 is 0 Å². The van der Waals surface area contributed by atoms with Gasteiger partial charge < -0.3 is 0 Å². The third-order valence-corrected chi connectivity index (χ3v) is 6.72. The van der Waals surface area contributed by atoms with Crippen molar-refractivity contribution in [3.63, 3.8) is 0 Å². The van der Waals surface area contributed by atoms with Crippen LogP contribution < -0.4 is 10.6 Å². The maximum atomic E-state index is 5.00. The van der Waals surface area contributed by atoms with E-state index in [1.165, 1.54) is 42.8 Å². The van der Waals surface area contributed by atoms with E-state index in [4.69, 9.17) is 4.99 Å². The average molecular weight is 390 g/mol. The summed E-state index contributed by atoms with van der Waals surface area (Å²) in [4.78, 5) is 7.55. The zero-order valence-corrected chi connectivity index (χ0v) is 18.7. The summed E-state index contributed by atoms with van der Waals surface area (Å²) in [6.07, 6.45) is 9.08. The largest absolute Gasteiger partial charge is 0.246 e. The fourth-order valence-electron chi connectivity index (χ4n) is 3.61. The van der Waals surface area contributed by atoms with Crippen molar-refractivity contribution in [2.45, 2.75) is 70.1 Å². The predicted octanol–water partition coefficient (Wildman–Crippen LogP) is 6.75. The Morgan fingerprint density at radius 3 is 2.54 bits per heavy atom. The molecular formula is C26H31NS. The lowest BCUT2D eigenvalue weighted by atomic mass is 9.98. The van der Waals surface area contributed by atoms with Gasteiger partial charge in [0.15, 0.2) is 0 Å². The first-order chi connectivity index (χ1) is 13.4. The molecule has 0 bridgehead atoms. The van der Waals surface area contributed by atoms with E-state index in [0.717, 1.165) is 36.7 Å². The maximum absolute atomic E-state index is 5.00. The molecule has 0 amide bonds. The zero-order chi connectivity index (χ0) is 20.3. The number of hydrogen-bond donors (Lipinski definition) is 0. The minimum atomic E-state index is 1.02. The van der Waals surface area contributed by atoms with Gasteiger partial charge in [-0.3, -0.25) is 0 Å². The van der Waals surface area contributed by atoms with Crippen LogP contribution in [0, 0.1) is 13.8 Å². The van der Waals surface area contributed by atoms with Crippen LogP contribution in [0.4, 0.5) is 5.69 Å². The van der Waals surface area contributed by atoms with Crippen molar-refractivity contribution in [2.75, 3.05) is 0 Å². The van der Waals surface area contributed by atoms with Gasteiger partial charge in [0.05, 0.1) is 11.0 Å². The van der Waals surface area contributed by atoms with Crippen LogP contribution in [0.15, 0.2) is 62.3 Å². The molecule has 0 unspecified atom stereocenters. The molecule has 1 heterocycles. The van der Waals surface area contributed by atoms with Gasteiger partial charge in [-0.15, -0.1) is 0 Å². The Labute approximate surface area is 174 Å². The highest BCUT2D eigenvalue weighted by Gasteiger charge is 2.18. The summed E-state index contributed by atoms with van der Waals surface area (Å²) in [5.74, 6) is 0. The van der Waals surface area contributed by atoms with Gasteiger partial charge in [-0.05, 0) is 94.3 Å². The van der Waals surface area contributed by atoms with E-state index in [1.807, 2.05) is 11.8 Å². The SMILES string of the molecule is C=c1c(C)c(C)c2c(c1CC/C=C(\C)CCC=C(C)C)Sc1ccccc1N=2. The van der Waals surface area contributed by atoms with E-state index in [9.17, 15) is 0 Å². The van der Waals surface area contributed by atoms with Crippen molar-refractivity contribution in [3.05, 3.63) is 74.8 Å². The summed E-state index contributed by atoms with van der Waals surface area (Å²) in [7, 11) is 0. The highest BCUT2D eigenvalue weighted by Crippen LogP contribution is 2.38. The van der Waals surface area contributed by atoms with Crippen LogP contribution in [0.25, 0.3) is 6.58 Å². The summed E-state index contributed by atoms with van der Waals surface area (Å²) in [5.41, 5.74) is 7.87. The molecule has 0 atom stereocenters. The first-order valence-corrected chi connectivity index (χ1v) is 11.0. The molecule has 0 N–H and O–H groups in total. The molecule has 0 aromatic heterocycles. The Morgan fingerprint density at radius 2 is 1.79 bits per heavy atom. The predicted molar refractivity (Wildman–Crippen MR) is 123 cm³/mol. The summed E-state index contributed by atoms with van der Waals surface area (Å²) < 4.78 is 0. The number of nitrogens with zero attached hydrogens (tertiary/aromatic N) is 1. The molecule has 28 heavy (non-hydrogen) atoms. The molecule has 0 saturated heterocycles. The van der Waals surface area contributed by atoms with E-state index < -0.39 is 0 Å². The second-order valence-electron chi connectivity index (χ2n) is 7.98. The van der Waals surface area contributed by atoms with E-state index in [0.29, 0.717) is 0 Å². The molecular weight excluding hydrogens is 358 g/mol. The lowest BCUT2D eigenvalue weighted by Crippen LogP contribution is -2.26. The maximum Gasteiger partial charge on any atom is 0.0811 e. The molecule has 2 aromatic rings. The van der Waals surface area contributed by atoms with Gasteiger partial charge in [-0.1, -0.05) is 53.8 Å². The second kappa shape index (κ2) is 8.96. The van der Waals surface area contributed by atoms with Gasteiger partial charge in [0.1, 0.15) is 0 Å². The Hall–Kier alpha value is -2.06. The summed E-state index contributed by atoms with van der Waals surface area (Å²) in [6.45, 7) is 15.4. The molecule has 0 saturated carbocycles. The lowest BCUT2D eigenvalue weighted by Gasteiger charge is -2.19. The highest BCUT2D eigenvalue weighted by atomic mass is 32.2. The molecule has 0 spiro atoms. The smallest absolute Gasteiger partial charge is 0.0811 e. The molecule has 0 fully saturated rings. The molecule has 1 aliphatic heterocycles. The van der Waals surface area contributed by atoms with Crippen molar-refractivity contribution in [1.82, 2.24) is 0 Å². The molecule has 1 nitrogen and oxygen atoms in total. The molecule has 1 aliphatic rings. The van der Waals surface area contributed by atoms with Crippen LogP contribution in [0.1, 0.15) is 56.7 Å². The van der Waals surface area contributed by atoms with Gasteiger partial charge in [-0.25, -0.2) is 4.99 Å². The van der Waals surface area contributed by atoms with Crippen molar-refractivity contribution in [3.8, 4) is 0 Å². The Morgan fingerprint density at radius 1 is 1.04 bits per heavy atom. The van der Waals surface area contributed by atoms with E-state index in [1.54, 1.807) is 0 Å². The van der Waals surface area contributed by atoms with Gasteiger partial charge in [0.2, 0.25) is 0 Å².